The van der Waals surface area contributed by atoms with Crippen LogP contribution in [0.5, 0.6) is 0 Å². The van der Waals surface area contributed by atoms with Crippen LogP contribution in [0.25, 0.3) is 0 Å². The lowest BCUT2D eigenvalue weighted by Gasteiger charge is -2.15. The monoisotopic (exact) mass is 352 g/mol. The lowest BCUT2D eigenvalue weighted by Crippen LogP contribution is -2.37. The third-order valence-electron chi connectivity index (χ3n) is 3.38. The van der Waals surface area contributed by atoms with Crippen LogP contribution in [0.15, 0.2) is 39.9 Å². The predicted octanol–water partition coefficient (Wildman–Crippen LogP) is 3.21. The molecule has 2 aromatic rings. The van der Waals surface area contributed by atoms with Crippen LogP contribution in [0.2, 0.25) is 0 Å². The van der Waals surface area contributed by atoms with Crippen LogP contribution in [-0.2, 0) is 16.3 Å². The van der Waals surface area contributed by atoms with Gasteiger partial charge in [0.2, 0.25) is 0 Å². The normalized spacial score (nSPS) is 12.7. The van der Waals surface area contributed by atoms with E-state index in [0.717, 1.165) is 18.2 Å². The average Bonchev–Trinajstić information content (AvgIpc) is 2.92. The van der Waals surface area contributed by atoms with Crippen LogP contribution in [0.3, 0.4) is 0 Å². The van der Waals surface area contributed by atoms with E-state index in [2.05, 4.69) is 16.0 Å². The Morgan fingerprint density at radius 3 is 2.65 bits per heavy atom. The minimum absolute atomic E-state index is 0.0250. The summed E-state index contributed by atoms with van der Waals surface area (Å²) in [6.07, 6.45) is 1.89. The summed E-state index contributed by atoms with van der Waals surface area (Å²) in [5.41, 5.74) is 2.48. The molecule has 0 aliphatic rings. The largest absolute Gasteiger partial charge is 0.335 e. The zero-order valence-corrected chi connectivity index (χ0v) is 14.9. The first-order chi connectivity index (χ1) is 10.8. The van der Waals surface area contributed by atoms with E-state index >= 15 is 0 Å². The molecule has 2 amide bonds. The SMILES string of the molecule is Cc1ccc(S(C)(=O)=O)cc1NC(=O)N[C@@H](C)Cc1ccsc1. The molecule has 0 unspecified atom stereocenters. The quantitative estimate of drug-likeness (QED) is 0.867. The summed E-state index contributed by atoms with van der Waals surface area (Å²) >= 11 is 1.62. The molecule has 5 nitrogen and oxygen atoms in total. The van der Waals surface area contributed by atoms with Gasteiger partial charge >= 0.3 is 6.03 Å². The number of anilines is 1. The standard InChI is InChI=1S/C16H20N2O3S2/c1-11-4-5-14(23(3,20)21)9-15(11)18-16(19)17-12(2)8-13-6-7-22-10-13/h4-7,9-10,12H,8H2,1-3H3,(H2,17,18,19)/t12-/m0/s1. The highest BCUT2D eigenvalue weighted by Gasteiger charge is 2.13. The molecule has 1 aromatic heterocycles. The molecule has 0 bridgehead atoms. The molecule has 1 heterocycles. The van der Waals surface area contributed by atoms with Gasteiger partial charge in [0.25, 0.3) is 0 Å². The molecule has 23 heavy (non-hydrogen) atoms. The van der Waals surface area contributed by atoms with Crippen LogP contribution in [-0.4, -0.2) is 26.7 Å². The van der Waals surface area contributed by atoms with Crippen molar-refractivity contribution in [1.29, 1.82) is 0 Å². The van der Waals surface area contributed by atoms with Crippen LogP contribution >= 0.6 is 11.3 Å². The second-order valence-corrected chi connectivity index (χ2v) is 8.38. The number of benzene rings is 1. The number of hydrogen-bond acceptors (Lipinski definition) is 4. The molecule has 2 N–H and O–H groups in total. The van der Waals surface area contributed by atoms with Crippen molar-refractivity contribution in [2.24, 2.45) is 0 Å². The highest BCUT2D eigenvalue weighted by molar-refractivity contribution is 7.90. The number of carbonyl (C=O) groups is 1. The molecule has 0 radical (unpaired) electrons. The van der Waals surface area contributed by atoms with E-state index in [1.165, 1.54) is 17.7 Å². The number of urea groups is 1. The third-order valence-corrected chi connectivity index (χ3v) is 5.23. The molecule has 0 aliphatic carbocycles. The third kappa shape index (κ3) is 5.07. The fourth-order valence-corrected chi connectivity index (χ4v) is 3.49. The molecule has 0 saturated heterocycles. The predicted molar refractivity (Wildman–Crippen MR) is 93.9 cm³/mol. The fraction of sp³-hybridized carbons (Fsp3) is 0.312. The summed E-state index contributed by atoms with van der Waals surface area (Å²) in [5, 5.41) is 9.63. The Hall–Kier alpha value is -1.86. The van der Waals surface area contributed by atoms with Crippen LogP contribution in [0, 0.1) is 6.92 Å². The zero-order valence-electron chi connectivity index (χ0n) is 13.3. The number of amides is 2. The number of hydrogen-bond donors (Lipinski definition) is 2. The average molecular weight is 352 g/mol. The van der Waals surface area contributed by atoms with Gasteiger partial charge in [-0.15, -0.1) is 0 Å². The highest BCUT2D eigenvalue weighted by atomic mass is 32.2. The fourth-order valence-electron chi connectivity index (χ4n) is 2.16. The van der Waals surface area contributed by atoms with Crippen LogP contribution in [0.4, 0.5) is 10.5 Å². The number of rotatable bonds is 5. The van der Waals surface area contributed by atoms with E-state index in [1.807, 2.05) is 25.3 Å². The smallest absolute Gasteiger partial charge is 0.319 e. The Morgan fingerprint density at radius 1 is 1.30 bits per heavy atom. The van der Waals surface area contributed by atoms with E-state index in [9.17, 15) is 13.2 Å². The molecule has 1 aromatic carbocycles. The zero-order chi connectivity index (χ0) is 17.0. The van der Waals surface area contributed by atoms with Crippen molar-refractivity contribution in [2.75, 3.05) is 11.6 Å². The van der Waals surface area contributed by atoms with Gasteiger partial charge in [-0.3, -0.25) is 0 Å². The minimum atomic E-state index is -3.31. The molecule has 124 valence electrons. The van der Waals surface area contributed by atoms with Crippen molar-refractivity contribution in [2.45, 2.75) is 31.2 Å². The van der Waals surface area contributed by atoms with Gasteiger partial charge in [0.05, 0.1) is 4.90 Å². The van der Waals surface area contributed by atoms with E-state index in [-0.39, 0.29) is 17.0 Å². The van der Waals surface area contributed by atoms with Gasteiger partial charge in [0.15, 0.2) is 9.84 Å². The first-order valence-corrected chi connectivity index (χ1v) is 9.98. The van der Waals surface area contributed by atoms with Crippen molar-refractivity contribution in [3.63, 3.8) is 0 Å². The number of carbonyl (C=O) groups excluding carboxylic acids is 1. The molecule has 0 aliphatic heterocycles. The molecule has 0 fully saturated rings. The maximum atomic E-state index is 12.1. The summed E-state index contributed by atoms with van der Waals surface area (Å²) in [6.45, 7) is 3.74. The van der Waals surface area contributed by atoms with Crippen molar-refractivity contribution in [3.05, 3.63) is 46.2 Å². The van der Waals surface area contributed by atoms with E-state index in [0.29, 0.717) is 5.69 Å². The Labute approximate surface area is 140 Å². The number of thiophene rings is 1. The first-order valence-electron chi connectivity index (χ1n) is 7.15. The van der Waals surface area contributed by atoms with Crippen LogP contribution in [0.1, 0.15) is 18.1 Å². The second-order valence-electron chi connectivity index (χ2n) is 5.58. The lowest BCUT2D eigenvalue weighted by molar-refractivity contribution is 0.249. The van der Waals surface area contributed by atoms with E-state index < -0.39 is 9.84 Å². The van der Waals surface area contributed by atoms with Gasteiger partial charge in [-0.05, 0) is 60.4 Å². The Kier molecular flexibility index (Phi) is 5.43. The maximum Gasteiger partial charge on any atom is 0.319 e. The molecule has 0 spiro atoms. The number of sulfone groups is 1. The van der Waals surface area contributed by atoms with E-state index in [1.54, 1.807) is 17.4 Å². The topological polar surface area (TPSA) is 75.3 Å². The minimum Gasteiger partial charge on any atom is -0.335 e. The molecule has 0 saturated carbocycles. The lowest BCUT2D eigenvalue weighted by atomic mass is 10.1. The Bertz CT molecular complexity index is 784. The Morgan fingerprint density at radius 2 is 2.04 bits per heavy atom. The number of nitrogens with one attached hydrogen (secondary N) is 2. The van der Waals surface area contributed by atoms with Crippen molar-refractivity contribution in [1.82, 2.24) is 5.32 Å². The van der Waals surface area contributed by atoms with Crippen LogP contribution < -0.4 is 10.6 Å². The maximum absolute atomic E-state index is 12.1. The summed E-state index contributed by atoms with van der Waals surface area (Å²) in [7, 11) is -3.31. The van der Waals surface area contributed by atoms with Gasteiger partial charge in [-0.1, -0.05) is 6.07 Å². The molecular weight excluding hydrogens is 332 g/mol. The first kappa shape index (κ1) is 17.5. The van der Waals surface area contributed by atoms with E-state index in [4.69, 9.17) is 0 Å². The molecular formula is C16H20N2O3S2. The van der Waals surface area contributed by atoms with Gasteiger partial charge < -0.3 is 10.6 Å². The second kappa shape index (κ2) is 7.14. The molecule has 2 rings (SSSR count). The summed E-state index contributed by atoms with van der Waals surface area (Å²) < 4.78 is 23.2. The van der Waals surface area contributed by atoms with Gasteiger partial charge in [0, 0.05) is 18.0 Å². The van der Waals surface area contributed by atoms with Crippen molar-refractivity contribution < 1.29 is 13.2 Å². The van der Waals surface area contributed by atoms with Crippen molar-refractivity contribution >= 4 is 32.9 Å². The Balaban J connectivity index is 2.02. The summed E-state index contributed by atoms with van der Waals surface area (Å²) in [4.78, 5) is 12.3. The van der Waals surface area contributed by atoms with Gasteiger partial charge in [-0.25, -0.2) is 13.2 Å². The molecule has 7 heteroatoms. The van der Waals surface area contributed by atoms with Crippen molar-refractivity contribution in [3.8, 4) is 0 Å². The summed E-state index contributed by atoms with van der Waals surface area (Å²) in [5.74, 6) is 0. The summed E-state index contributed by atoms with van der Waals surface area (Å²) in [6, 6.07) is 6.35. The van der Waals surface area contributed by atoms with Gasteiger partial charge in [-0.2, -0.15) is 11.3 Å². The number of aryl methyl sites for hydroxylation is 1. The van der Waals surface area contributed by atoms with Gasteiger partial charge in [0.1, 0.15) is 0 Å². The highest BCUT2D eigenvalue weighted by Crippen LogP contribution is 2.20. The molecule has 1 atom stereocenters.